The molecule has 1 amide bonds. The molecule has 3 aromatic rings. The van der Waals surface area contributed by atoms with E-state index in [1.54, 1.807) is 29.3 Å². The molecule has 4 heterocycles. The van der Waals surface area contributed by atoms with Gasteiger partial charge in [0.15, 0.2) is 5.65 Å². The van der Waals surface area contributed by atoms with Gasteiger partial charge in [-0.25, -0.2) is 9.50 Å². The summed E-state index contributed by atoms with van der Waals surface area (Å²) in [6, 6.07) is 5.22. The van der Waals surface area contributed by atoms with Crippen molar-refractivity contribution >= 4 is 11.6 Å². The Bertz CT molecular complexity index is 876. The Labute approximate surface area is 150 Å². The maximum atomic E-state index is 13.0. The summed E-state index contributed by atoms with van der Waals surface area (Å²) in [4.78, 5) is 23.6. The molecular weight excluding hydrogens is 332 g/mol. The van der Waals surface area contributed by atoms with E-state index in [-0.39, 0.29) is 11.9 Å². The molecule has 1 saturated heterocycles. The van der Waals surface area contributed by atoms with Crippen molar-refractivity contribution in [1.82, 2.24) is 29.8 Å². The molecule has 134 valence electrons. The lowest BCUT2D eigenvalue weighted by Gasteiger charge is -2.33. The van der Waals surface area contributed by atoms with Gasteiger partial charge in [-0.1, -0.05) is 6.07 Å². The second kappa shape index (κ2) is 7.59. The average Bonchev–Trinajstić information content (AvgIpc) is 3.11. The van der Waals surface area contributed by atoms with E-state index in [0.29, 0.717) is 32.8 Å². The molecule has 26 heavy (non-hydrogen) atoms. The lowest BCUT2D eigenvalue weighted by Crippen LogP contribution is -2.45. The highest BCUT2D eigenvalue weighted by Gasteiger charge is 2.29. The van der Waals surface area contributed by atoms with Crippen LogP contribution >= 0.6 is 0 Å². The number of carbonyl (C=O) groups is 1. The Kier molecular flexibility index (Phi) is 4.85. The number of nitrogens with one attached hydrogen (secondary N) is 1. The van der Waals surface area contributed by atoms with E-state index < -0.39 is 0 Å². The van der Waals surface area contributed by atoms with Gasteiger partial charge >= 0.3 is 0 Å². The molecule has 0 radical (unpaired) electrons. The second-order valence-electron chi connectivity index (χ2n) is 6.11. The minimum atomic E-state index is -0.387. The molecule has 1 aliphatic heterocycles. The number of morpholine rings is 1. The Morgan fingerprint density at radius 2 is 2.12 bits per heavy atom. The zero-order valence-electron chi connectivity index (χ0n) is 14.3. The fourth-order valence-electron chi connectivity index (χ4n) is 3.18. The van der Waals surface area contributed by atoms with Gasteiger partial charge in [0.25, 0.3) is 0 Å². The van der Waals surface area contributed by atoms with Crippen LogP contribution in [0.5, 0.6) is 0 Å². The third kappa shape index (κ3) is 3.42. The van der Waals surface area contributed by atoms with Crippen LogP contribution in [-0.2, 0) is 16.1 Å². The first-order valence-electron chi connectivity index (χ1n) is 8.59. The van der Waals surface area contributed by atoms with Crippen LogP contribution < -0.4 is 5.32 Å². The molecular formula is C18H20N6O2. The van der Waals surface area contributed by atoms with Crippen molar-refractivity contribution < 1.29 is 9.53 Å². The van der Waals surface area contributed by atoms with Gasteiger partial charge in [0, 0.05) is 50.0 Å². The molecule has 1 aliphatic rings. The molecule has 1 atom stereocenters. The van der Waals surface area contributed by atoms with Crippen LogP contribution in [0.3, 0.4) is 0 Å². The van der Waals surface area contributed by atoms with Crippen molar-refractivity contribution in [3.8, 4) is 0 Å². The lowest BCUT2D eigenvalue weighted by atomic mass is 10.1. The first kappa shape index (κ1) is 16.6. The highest BCUT2D eigenvalue weighted by Crippen LogP contribution is 2.21. The van der Waals surface area contributed by atoms with Crippen molar-refractivity contribution in [2.75, 3.05) is 26.3 Å². The number of nitrogens with zero attached hydrogens (tertiary/aromatic N) is 5. The van der Waals surface area contributed by atoms with Gasteiger partial charge in [0.05, 0.1) is 19.4 Å². The third-order valence-corrected chi connectivity index (χ3v) is 4.46. The van der Waals surface area contributed by atoms with Gasteiger partial charge in [0.2, 0.25) is 5.91 Å². The highest BCUT2D eigenvalue weighted by molar-refractivity contribution is 5.83. The van der Waals surface area contributed by atoms with Gasteiger partial charge in [-0.2, -0.15) is 5.10 Å². The van der Waals surface area contributed by atoms with E-state index >= 15 is 0 Å². The molecule has 8 heteroatoms. The smallest absolute Gasteiger partial charge is 0.242 e. The van der Waals surface area contributed by atoms with E-state index in [4.69, 9.17) is 4.74 Å². The molecule has 0 aliphatic carbocycles. The van der Waals surface area contributed by atoms with Gasteiger partial charge in [-0.05, 0) is 17.7 Å². The number of aromatic nitrogens is 4. The minimum Gasteiger partial charge on any atom is -0.379 e. The number of pyridine rings is 1. The summed E-state index contributed by atoms with van der Waals surface area (Å²) in [7, 11) is 0. The molecule has 0 saturated carbocycles. The SMILES string of the molecule is O=C(NCc1cnn2cccnc12)[C@@H](c1cccnc1)N1CCOCC1. The summed E-state index contributed by atoms with van der Waals surface area (Å²) in [6.45, 7) is 3.06. The molecule has 1 N–H and O–H groups in total. The normalized spacial score (nSPS) is 16.5. The lowest BCUT2D eigenvalue weighted by molar-refractivity contribution is -0.128. The number of fused-ring (bicyclic) bond motifs is 1. The summed E-state index contributed by atoms with van der Waals surface area (Å²) in [6.07, 6.45) is 8.74. The molecule has 1 fully saturated rings. The predicted molar refractivity (Wildman–Crippen MR) is 94.2 cm³/mol. The molecule has 4 rings (SSSR count). The van der Waals surface area contributed by atoms with Crippen molar-refractivity contribution in [3.05, 3.63) is 60.3 Å². The zero-order valence-corrected chi connectivity index (χ0v) is 14.3. The summed E-state index contributed by atoms with van der Waals surface area (Å²) in [5.74, 6) is -0.0600. The van der Waals surface area contributed by atoms with Crippen LogP contribution in [0.4, 0.5) is 0 Å². The Morgan fingerprint density at radius 3 is 2.92 bits per heavy atom. The van der Waals surface area contributed by atoms with Gasteiger partial charge in [0.1, 0.15) is 6.04 Å². The Hall–Kier alpha value is -2.84. The topological polar surface area (TPSA) is 84.7 Å². The van der Waals surface area contributed by atoms with Crippen molar-refractivity contribution in [3.63, 3.8) is 0 Å². The fraction of sp³-hybridized carbons (Fsp3) is 0.333. The quantitative estimate of drug-likeness (QED) is 0.732. The van der Waals surface area contributed by atoms with E-state index in [9.17, 15) is 4.79 Å². The van der Waals surface area contributed by atoms with E-state index in [2.05, 4.69) is 25.3 Å². The Morgan fingerprint density at radius 1 is 1.23 bits per heavy atom. The van der Waals surface area contributed by atoms with Crippen LogP contribution in [0.25, 0.3) is 5.65 Å². The number of rotatable bonds is 5. The highest BCUT2D eigenvalue weighted by atomic mass is 16.5. The van der Waals surface area contributed by atoms with E-state index in [0.717, 1.165) is 16.8 Å². The number of ether oxygens (including phenoxy) is 1. The van der Waals surface area contributed by atoms with Gasteiger partial charge in [-0.3, -0.25) is 14.7 Å². The fourth-order valence-corrected chi connectivity index (χ4v) is 3.18. The largest absolute Gasteiger partial charge is 0.379 e. The maximum absolute atomic E-state index is 13.0. The summed E-state index contributed by atoms with van der Waals surface area (Å²) >= 11 is 0. The first-order chi connectivity index (χ1) is 12.8. The minimum absolute atomic E-state index is 0.0600. The molecule has 3 aromatic heterocycles. The van der Waals surface area contributed by atoms with Crippen LogP contribution in [0.15, 0.2) is 49.2 Å². The standard InChI is InChI=1S/C18H20N6O2/c25-18(21-12-15-13-22-24-6-2-5-20-17(15)24)16(14-3-1-4-19-11-14)23-7-9-26-10-8-23/h1-6,11,13,16H,7-10,12H2,(H,21,25)/t16-/m1/s1. The zero-order chi connectivity index (χ0) is 17.8. The number of amides is 1. The molecule has 0 spiro atoms. The van der Waals surface area contributed by atoms with E-state index in [1.807, 2.05) is 24.4 Å². The van der Waals surface area contributed by atoms with Crippen molar-refractivity contribution in [2.24, 2.45) is 0 Å². The van der Waals surface area contributed by atoms with Crippen LogP contribution in [0.2, 0.25) is 0 Å². The number of hydrogen-bond donors (Lipinski definition) is 1. The molecule has 8 nitrogen and oxygen atoms in total. The maximum Gasteiger partial charge on any atom is 0.242 e. The molecule has 0 aromatic carbocycles. The average molecular weight is 352 g/mol. The Balaban J connectivity index is 1.52. The van der Waals surface area contributed by atoms with Crippen LogP contribution in [0, 0.1) is 0 Å². The van der Waals surface area contributed by atoms with Crippen LogP contribution in [0.1, 0.15) is 17.2 Å². The third-order valence-electron chi connectivity index (χ3n) is 4.46. The summed E-state index contributed by atoms with van der Waals surface area (Å²) < 4.78 is 7.12. The molecule has 0 unspecified atom stereocenters. The van der Waals surface area contributed by atoms with Gasteiger partial charge in [-0.15, -0.1) is 0 Å². The monoisotopic (exact) mass is 352 g/mol. The van der Waals surface area contributed by atoms with Crippen molar-refractivity contribution in [1.29, 1.82) is 0 Å². The van der Waals surface area contributed by atoms with Crippen molar-refractivity contribution in [2.45, 2.75) is 12.6 Å². The molecule has 0 bridgehead atoms. The van der Waals surface area contributed by atoms with Gasteiger partial charge < -0.3 is 10.1 Å². The van der Waals surface area contributed by atoms with Crippen LogP contribution in [-0.4, -0.2) is 56.7 Å². The summed E-state index contributed by atoms with van der Waals surface area (Å²) in [5, 5.41) is 7.29. The first-order valence-corrected chi connectivity index (χ1v) is 8.59. The summed E-state index contributed by atoms with van der Waals surface area (Å²) in [5.41, 5.74) is 2.51. The second-order valence-corrected chi connectivity index (χ2v) is 6.11. The number of carbonyl (C=O) groups excluding carboxylic acids is 1. The number of hydrogen-bond acceptors (Lipinski definition) is 6. The predicted octanol–water partition coefficient (Wildman–Crippen LogP) is 0.814. The van der Waals surface area contributed by atoms with E-state index in [1.165, 1.54) is 0 Å².